The highest BCUT2D eigenvalue weighted by atomic mass is 19.1. The minimum atomic E-state index is -0.614. The van der Waals surface area contributed by atoms with E-state index in [0.717, 1.165) is 18.7 Å². The molecule has 1 atom stereocenters. The van der Waals surface area contributed by atoms with Crippen LogP contribution in [0.2, 0.25) is 0 Å². The van der Waals surface area contributed by atoms with Crippen molar-refractivity contribution in [2.24, 2.45) is 5.41 Å². The maximum atomic E-state index is 13.6. The molecule has 0 aliphatic carbocycles. The van der Waals surface area contributed by atoms with E-state index in [-0.39, 0.29) is 17.2 Å². The number of halogens is 2. The molecule has 0 saturated carbocycles. The summed E-state index contributed by atoms with van der Waals surface area (Å²) in [6.45, 7) is 4.60. The first kappa shape index (κ1) is 13.0. The molecule has 1 aromatic carbocycles. The van der Waals surface area contributed by atoms with Gasteiger partial charge in [-0.15, -0.1) is 0 Å². The fourth-order valence-electron chi connectivity index (χ4n) is 2.03. The number of hydrogen-bond acceptors (Lipinski definition) is 2. The molecule has 2 rings (SSSR count). The van der Waals surface area contributed by atoms with Crippen molar-refractivity contribution < 1.29 is 13.6 Å². The quantitative estimate of drug-likeness (QED) is 0.849. The van der Waals surface area contributed by atoms with Gasteiger partial charge >= 0.3 is 0 Å². The third-order valence-corrected chi connectivity index (χ3v) is 3.41. The predicted molar refractivity (Wildman–Crippen MR) is 65.3 cm³/mol. The van der Waals surface area contributed by atoms with Crippen molar-refractivity contribution in [2.75, 3.05) is 18.4 Å². The van der Waals surface area contributed by atoms with Crippen molar-refractivity contribution in [1.82, 2.24) is 5.32 Å². The number of hydrogen-bond donors (Lipinski definition) is 2. The minimum Gasteiger partial charge on any atom is -0.323 e. The van der Waals surface area contributed by atoms with Crippen LogP contribution in [-0.4, -0.2) is 19.0 Å². The van der Waals surface area contributed by atoms with Crippen LogP contribution in [0.4, 0.5) is 14.5 Å². The lowest BCUT2D eigenvalue weighted by molar-refractivity contribution is -0.123. The summed E-state index contributed by atoms with van der Waals surface area (Å²) in [6, 6.07) is 2.11. The van der Waals surface area contributed by atoms with E-state index in [1.54, 1.807) is 0 Å². The van der Waals surface area contributed by atoms with Crippen molar-refractivity contribution >= 4 is 11.6 Å². The van der Waals surface area contributed by atoms with Crippen LogP contribution in [0.25, 0.3) is 0 Å². The highest BCUT2D eigenvalue weighted by Gasteiger charge is 2.36. The Balaban J connectivity index is 2.19. The van der Waals surface area contributed by atoms with Gasteiger partial charge in [0.25, 0.3) is 0 Å². The highest BCUT2D eigenvalue weighted by molar-refractivity contribution is 5.95. The highest BCUT2D eigenvalue weighted by Crippen LogP contribution is 2.27. The molecule has 1 heterocycles. The first-order chi connectivity index (χ1) is 8.42. The number of carbonyl (C=O) groups excluding carboxylic acids is 1. The topological polar surface area (TPSA) is 41.1 Å². The van der Waals surface area contributed by atoms with Gasteiger partial charge in [0.2, 0.25) is 5.91 Å². The van der Waals surface area contributed by atoms with Gasteiger partial charge in [0.05, 0.1) is 11.1 Å². The number of aryl methyl sites for hydroxylation is 1. The Morgan fingerprint density at radius 3 is 2.72 bits per heavy atom. The second-order valence-corrected chi connectivity index (χ2v) is 5.02. The molecule has 1 amide bonds. The molecular weight excluding hydrogens is 238 g/mol. The van der Waals surface area contributed by atoms with E-state index in [2.05, 4.69) is 10.6 Å². The summed E-state index contributed by atoms with van der Waals surface area (Å²) >= 11 is 0. The zero-order valence-corrected chi connectivity index (χ0v) is 10.4. The number of carbonyl (C=O) groups is 1. The van der Waals surface area contributed by atoms with Crippen molar-refractivity contribution in [1.29, 1.82) is 0 Å². The number of nitrogens with one attached hydrogen (secondary N) is 2. The van der Waals surface area contributed by atoms with E-state index in [1.165, 1.54) is 6.92 Å². The average molecular weight is 254 g/mol. The molecule has 3 nitrogen and oxygen atoms in total. The second-order valence-electron chi connectivity index (χ2n) is 5.02. The molecule has 1 fully saturated rings. The van der Waals surface area contributed by atoms with E-state index in [1.807, 2.05) is 6.92 Å². The van der Waals surface area contributed by atoms with E-state index < -0.39 is 17.0 Å². The van der Waals surface area contributed by atoms with Gasteiger partial charge in [-0.3, -0.25) is 4.79 Å². The summed E-state index contributed by atoms with van der Waals surface area (Å²) in [5.74, 6) is -1.42. The van der Waals surface area contributed by atoms with Gasteiger partial charge in [-0.05, 0) is 38.4 Å². The van der Waals surface area contributed by atoms with Crippen LogP contribution >= 0.6 is 0 Å². The van der Waals surface area contributed by atoms with Crippen molar-refractivity contribution in [3.05, 3.63) is 29.3 Å². The molecule has 1 aliphatic heterocycles. The number of benzene rings is 1. The first-order valence-electron chi connectivity index (χ1n) is 5.90. The Morgan fingerprint density at radius 1 is 1.39 bits per heavy atom. The van der Waals surface area contributed by atoms with Gasteiger partial charge in [-0.1, -0.05) is 0 Å². The molecule has 1 unspecified atom stereocenters. The molecule has 0 spiro atoms. The number of amides is 1. The molecule has 1 aromatic rings. The Hall–Kier alpha value is -1.49. The Labute approximate surface area is 105 Å². The molecule has 1 aliphatic rings. The van der Waals surface area contributed by atoms with Crippen LogP contribution in [0.15, 0.2) is 12.1 Å². The van der Waals surface area contributed by atoms with Gasteiger partial charge in [0.1, 0.15) is 11.6 Å². The zero-order valence-electron chi connectivity index (χ0n) is 10.4. The lowest BCUT2D eigenvalue weighted by atomic mass is 9.88. The van der Waals surface area contributed by atoms with Crippen molar-refractivity contribution in [3.63, 3.8) is 0 Å². The van der Waals surface area contributed by atoms with Gasteiger partial charge in [-0.25, -0.2) is 8.78 Å². The number of anilines is 1. The fourth-order valence-corrected chi connectivity index (χ4v) is 2.03. The third kappa shape index (κ3) is 2.36. The summed E-state index contributed by atoms with van der Waals surface area (Å²) in [4.78, 5) is 12.0. The molecule has 0 radical (unpaired) electrons. The zero-order chi connectivity index (χ0) is 13.3. The molecule has 0 bridgehead atoms. The lowest BCUT2D eigenvalue weighted by Gasteiger charge is -2.21. The van der Waals surface area contributed by atoms with Gasteiger partial charge < -0.3 is 10.6 Å². The Bertz CT molecular complexity index is 482. The Morgan fingerprint density at radius 2 is 2.11 bits per heavy atom. The molecule has 5 heteroatoms. The standard InChI is InChI=1S/C13H16F2N2O/c1-8-5-10(15)11(6-9(8)14)17-12(18)13(2)3-4-16-7-13/h5-6,16H,3-4,7H2,1-2H3,(H,17,18). The summed E-state index contributed by atoms with van der Waals surface area (Å²) < 4.78 is 27.0. The van der Waals surface area contributed by atoms with E-state index >= 15 is 0 Å². The van der Waals surface area contributed by atoms with E-state index in [4.69, 9.17) is 0 Å². The smallest absolute Gasteiger partial charge is 0.231 e. The fraction of sp³-hybridized carbons (Fsp3) is 0.462. The van der Waals surface area contributed by atoms with Crippen molar-refractivity contribution in [3.8, 4) is 0 Å². The van der Waals surface area contributed by atoms with Crippen LogP contribution in [-0.2, 0) is 4.79 Å². The van der Waals surface area contributed by atoms with Crippen LogP contribution in [0.3, 0.4) is 0 Å². The molecular formula is C13H16F2N2O. The first-order valence-corrected chi connectivity index (χ1v) is 5.90. The summed E-state index contributed by atoms with van der Waals surface area (Å²) in [5.41, 5.74) is -0.441. The number of rotatable bonds is 2. The van der Waals surface area contributed by atoms with Gasteiger partial charge in [-0.2, -0.15) is 0 Å². The van der Waals surface area contributed by atoms with Crippen LogP contribution < -0.4 is 10.6 Å². The molecule has 2 N–H and O–H groups in total. The summed E-state index contributed by atoms with van der Waals surface area (Å²) in [5, 5.41) is 5.55. The van der Waals surface area contributed by atoms with E-state index in [0.29, 0.717) is 13.0 Å². The normalized spacial score (nSPS) is 23.1. The predicted octanol–water partition coefficient (Wildman–Crippen LogP) is 2.21. The second kappa shape index (κ2) is 4.65. The SMILES string of the molecule is Cc1cc(F)c(NC(=O)C2(C)CCNC2)cc1F. The average Bonchev–Trinajstić information content (AvgIpc) is 2.74. The summed E-state index contributed by atoms with van der Waals surface area (Å²) in [6.07, 6.45) is 0.689. The molecule has 18 heavy (non-hydrogen) atoms. The third-order valence-electron chi connectivity index (χ3n) is 3.41. The summed E-state index contributed by atoms with van der Waals surface area (Å²) in [7, 11) is 0. The molecule has 0 aromatic heterocycles. The lowest BCUT2D eigenvalue weighted by Crippen LogP contribution is -2.35. The molecule has 98 valence electrons. The maximum absolute atomic E-state index is 13.6. The van der Waals surface area contributed by atoms with Crippen LogP contribution in [0.1, 0.15) is 18.9 Å². The van der Waals surface area contributed by atoms with Crippen LogP contribution in [0.5, 0.6) is 0 Å². The van der Waals surface area contributed by atoms with Crippen LogP contribution in [0, 0.1) is 24.0 Å². The maximum Gasteiger partial charge on any atom is 0.231 e. The van der Waals surface area contributed by atoms with E-state index in [9.17, 15) is 13.6 Å². The Kier molecular flexibility index (Phi) is 3.34. The van der Waals surface area contributed by atoms with Gasteiger partial charge in [0.15, 0.2) is 0 Å². The van der Waals surface area contributed by atoms with Crippen molar-refractivity contribution in [2.45, 2.75) is 20.3 Å². The largest absolute Gasteiger partial charge is 0.323 e. The molecule has 1 saturated heterocycles. The van der Waals surface area contributed by atoms with Gasteiger partial charge in [0, 0.05) is 12.6 Å². The minimum absolute atomic E-state index is 0.101. The monoisotopic (exact) mass is 254 g/mol.